The minimum absolute atomic E-state index is 0.106. The SMILES string of the molecule is C=C(C(=O)Nc1ccc(Cc2cccc(C(C)=O)c2)c(S(=O)(=O)O)c1)c1ccccc1Cl. The van der Waals surface area contributed by atoms with Crippen LogP contribution in [-0.2, 0) is 21.3 Å². The number of hydrogen-bond donors (Lipinski definition) is 2. The molecule has 3 rings (SSSR count). The van der Waals surface area contributed by atoms with Gasteiger partial charge in [0.15, 0.2) is 5.78 Å². The van der Waals surface area contributed by atoms with Crippen LogP contribution in [0.25, 0.3) is 5.57 Å². The number of Topliss-reactive ketones (excluding diaryl/α,β-unsaturated/α-hetero) is 1. The molecule has 8 heteroatoms. The molecule has 0 heterocycles. The van der Waals surface area contributed by atoms with Gasteiger partial charge in [-0.25, -0.2) is 0 Å². The zero-order valence-corrected chi connectivity index (χ0v) is 18.7. The number of carbonyl (C=O) groups is 2. The molecule has 1 amide bonds. The Labute approximate surface area is 191 Å². The van der Waals surface area contributed by atoms with Gasteiger partial charge in [-0.15, -0.1) is 0 Å². The Balaban J connectivity index is 1.89. The lowest BCUT2D eigenvalue weighted by molar-refractivity contribution is -0.111. The molecular weight excluding hydrogens is 450 g/mol. The molecule has 0 spiro atoms. The van der Waals surface area contributed by atoms with Crippen LogP contribution in [0.2, 0.25) is 5.02 Å². The van der Waals surface area contributed by atoms with Crippen molar-refractivity contribution in [3.63, 3.8) is 0 Å². The third-order valence-corrected chi connectivity index (χ3v) is 6.07. The van der Waals surface area contributed by atoms with Crippen LogP contribution in [0.4, 0.5) is 5.69 Å². The number of amides is 1. The second-order valence-electron chi connectivity index (χ2n) is 7.14. The highest BCUT2D eigenvalue weighted by Crippen LogP contribution is 2.26. The van der Waals surface area contributed by atoms with Gasteiger partial charge < -0.3 is 5.32 Å². The van der Waals surface area contributed by atoms with Crippen LogP contribution in [0.15, 0.2) is 78.2 Å². The summed E-state index contributed by atoms with van der Waals surface area (Å²) in [5.74, 6) is -0.681. The first-order valence-corrected chi connectivity index (χ1v) is 11.3. The smallest absolute Gasteiger partial charge is 0.294 e. The van der Waals surface area contributed by atoms with E-state index in [1.807, 2.05) is 0 Å². The van der Waals surface area contributed by atoms with Crippen molar-refractivity contribution >= 4 is 44.7 Å². The Hall–Kier alpha value is -3.26. The van der Waals surface area contributed by atoms with Gasteiger partial charge in [-0.3, -0.25) is 14.1 Å². The van der Waals surface area contributed by atoms with Gasteiger partial charge in [-0.05, 0) is 48.7 Å². The molecule has 3 aromatic rings. The zero-order valence-electron chi connectivity index (χ0n) is 17.1. The molecule has 0 saturated heterocycles. The Morgan fingerprint density at radius 1 is 1.03 bits per heavy atom. The van der Waals surface area contributed by atoms with Gasteiger partial charge in [0.25, 0.3) is 16.0 Å². The Morgan fingerprint density at radius 3 is 2.41 bits per heavy atom. The van der Waals surface area contributed by atoms with Crippen LogP contribution < -0.4 is 5.32 Å². The Morgan fingerprint density at radius 2 is 1.75 bits per heavy atom. The van der Waals surface area contributed by atoms with Crippen molar-refractivity contribution in [2.24, 2.45) is 0 Å². The molecule has 32 heavy (non-hydrogen) atoms. The molecule has 0 aliphatic rings. The molecule has 6 nitrogen and oxygen atoms in total. The Kier molecular flexibility index (Phi) is 6.93. The average molecular weight is 470 g/mol. The van der Waals surface area contributed by atoms with Crippen molar-refractivity contribution in [1.82, 2.24) is 0 Å². The highest BCUT2D eigenvalue weighted by atomic mass is 35.5. The minimum atomic E-state index is -4.58. The van der Waals surface area contributed by atoms with Crippen molar-refractivity contribution < 1.29 is 22.6 Å². The van der Waals surface area contributed by atoms with E-state index in [0.29, 0.717) is 27.3 Å². The van der Waals surface area contributed by atoms with Crippen molar-refractivity contribution in [2.75, 3.05) is 5.32 Å². The third kappa shape index (κ3) is 5.50. The predicted octanol–water partition coefficient (Wildman–Crippen LogP) is 5.03. The fraction of sp³-hybridized carbons (Fsp3) is 0.0833. The van der Waals surface area contributed by atoms with E-state index in [-0.39, 0.29) is 28.4 Å². The number of halogens is 1. The summed E-state index contributed by atoms with van der Waals surface area (Å²) in [6, 6.07) is 17.7. The van der Waals surface area contributed by atoms with Gasteiger partial charge in [-0.2, -0.15) is 8.42 Å². The van der Waals surface area contributed by atoms with Crippen molar-refractivity contribution in [3.8, 4) is 0 Å². The maximum atomic E-state index is 12.6. The van der Waals surface area contributed by atoms with Gasteiger partial charge in [0.05, 0.1) is 4.90 Å². The molecule has 0 radical (unpaired) electrons. The summed E-state index contributed by atoms with van der Waals surface area (Å²) in [6.07, 6.45) is 0.163. The van der Waals surface area contributed by atoms with Gasteiger partial charge in [0.2, 0.25) is 0 Å². The van der Waals surface area contributed by atoms with Gasteiger partial charge in [0.1, 0.15) is 0 Å². The first-order chi connectivity index (χ1) is 15.1. The number of benzene rings is 3. The molecule has 0 saturated carbocycles. The average Bonchev–Trinajstić information content (AvgIpc) is 2.74. The second kappa shape index (κ2) is 9.48. The molecule has 0 atom stereocenters. The number of carbonyl (C=O) groups excluding carboxylic acids is 2. The van der Waals surface area contributed by atoms with E-state index in [9.17, 15) is 22.6 Å². The molecule has 164 valence electrons. The first kappa shape index (κ1) is 23.4. The van der Waals surface area contributed by atoms with Crippen LogP contribution in [-0.4, -0.2) is 24.7 Å². The highest BCUT2D eigenvalue weighted by Gasteiger charge is 2.19. The maximum Gasteiger partial charge on any atom is 0.294 e. The quantitative estimate of drug-likeness (QED) is 0.287. The monoisotopic (exact) mass is 469 g/mol. The molecule has 0 bridgehead atoms. The van der Waals surface area contributed by atoms with E-state index in [1.54, 1.807) is 48.5 Å². The van der Waals surface area contributed by atoms with Crippen molar-refractivity contribution in [2.45, 2.75) is 18.2 Å². The summed E-state index contributed by atoms with van der Waals surface area (Å²) in [6.45, 7) is 5.20. The van der Waals surface area contributed by atoms with Crippen LogP contribution >= 0.6 is 11.6 Å². The van der Waals surface area contributed by atoms with Crippen LogP contribution in [0.1, 0.15) is 34.0 Å². The molecule has 0 aromatic heterocycles. The lowest BCUT2D eigenvalue weighted by Crippen LogP contribution is -2.14. The van der Waals surface area contributed by atoms with E-state index in [4.69, 9.17) is 11.6 Å². The van der Waals surface area contributed by atoms with E-state index in [1.165, 1.54) is 25.1 Å². The van der Waals surface area contributed by atoms with E-state index in [2.05, 4.69) is 11.9 Å². The topological polar surface area (TPSA) is 101 Å². The zero-order chi connectivity index (χ0) is 23.5. The summed E-state index contributed by atoms with van der Waals surface area (Å²) >= 11 is 6.11. The molecule has 3 aromatic carbocycles. The van der Waals surface area contributed by atoms with E-state index in [0.717, 1.165) is 0 Å². The lowest BCUT2D eigenvalue weighted by atomic mass is 10.0. The summed E-state index contributed by atoms with van der Waals surface area (Å²) in [7, 11) is -4.58. The largest absolute Gasteiger partial charge is 0.322 e. The van der Waals surface area contributed by atoms with Gasteiger partial charge >= 0.3 is 0 Å². The molecule has 2 N–H and O–H groups in total. The number of anilines is 1. The predicted molar refractivity (Wildman–Crippen MR) is 125 cm³/mol. The summed E-state index contributed by atoms with van der Waals surface area (Å²) < 4.78 is 33.8. The van der Waals surface area contributed by atoms with Crippen molar-refractivity contribution in [1.29, 1.82) is 0 Å². The van der Waals surface area contributed by atoms with E-state index >= 15 is 0 Å². The number of rotatable bonds is 7. The highest BCUT2D eigenvalue weighted by molar-refractivity contribution is 7.85. The second-order valence-corrected chi connectivity index (χ2v) is 8.94. The van der Waals surface area contributed by atoms with Crippen LogP contribution in [0.3, 0.4) is 0 Å². The van der Waals surface area contributed by atoms with Crippen LogP contribution in [0.5, 0.6) is 0 Å². The number of ketones is 1. The number of nitrogens with one attached hydrogen (secondary N) is 1. The van der Waals surface area contributed by atoms with Gasteiger partial charge in [-0.1, -0.05) is 60.6 Å². The molecule has 0 aliphatic heterocycles. The standard InChI is InChI=1S/C24H20ClNO5S/c1-15(21-8-3-4-9-22(21)25)24(28)26-20-11-10-19(23(14-20)32(29,30)31)13-17-6-5-7-18(12-17)16(2)27/h3-12,14H,1,13H2,2H3,(H,26,28)(H,29,30,31). The summed E-state index contributed by atoms with van der Waals surface area (Å²) in [5.41, 5.74) is 2.23. The molecular formula is C24H20ClNO5S. The Bertz CT molecular complexity index is 1330. The third-order valence-electron chi connectivity index (χ3n) is 4.80. The van der Waals surface area contributed by atoms with E-state index < -0.39 is 16.0 Å². The fourth-order valence-corrected chi connectivity index (χ4v) is 4.17. The number of hydrogen-bond acceptors (Lipinski definition) is 4. The first-order valence-electron chi connectivity index (χ1n) is 9.51. The molecule has 0 unspecified atom stereocenters. The van der Waals surface area contributed by atoms with Gasteiger partial charge in [0, 0.05) is 27.4 Å². The summed E-state index contributed by atoms with van der Waals surface area (Å²) in [4.78, 5) is 23.9. The van der Waals surface area contributed by atoms with Crippen LogP contribution in [0, 0.1) is 0 Å². The minimum Gasteiger partial charge on any atom is -0.322 e. The summed E-state index contributed by atoms with van der Waals surface area (Å²) in [5, 5.41) is 2.93. The maximum absolute atomic E-state index is 12.6. The molecule has 0 aliphatic carbocycles. The normalized spacial score (nSPS) is 11.1. The molecule has 0 fully saturated rings. The fourth-order valence-electron chi connectivity index (χ4n) is 3.17. The van der Waals surface area contributed by atoms with Crippen molar-refractivity contribution in [3.05, 3.63) is 101 Å². The lowest BCUT2D eigenvalue weighted by Gasteiger charge is -2.13.